The fraction of sp³-hybridized carbons (Fsp3) is 0.385. The van der Waals surface area contributed by atoms with E-state index in [1.165, 1.54) is 42.1 Å². The van der Waals surface area contributed by atoms with Crippen molar-refractivity contribution in [1.29, 1.82) is 0 Å². The van der Waals surface area contributed by atoms with Gasteiger partial charge in [0.05, 0.1) is 10.8 Å². The Morgan fingerprint density at radius 2 is 2.09 bits per heavy atom. The highest BCUT2D eigenvalue weighted by atomic mass is 35.5. The minimum atomic E-state index is -0.129. The number of aromatic nitrogens is 3. The van der Waals surface area contributed by atoms with Gasteiger partial charge in [0.25, 0.3) is 0 Å². The molecule has 0 saturated heterocycles. The van der Waals surface area contributed by atoms with Gasteiger partial charge in [-0.05, 0) is 18.6 Å². The number of hydrogen-bond donors (Lipinski definition) is 1. The van der Waals surface area contributed by atoms with Gasteiger partial charge < -0.3 is 5.32 Å². The van der Waals surface area contributed by atoms with E-state index >= 15 is 0 Å². The van der Waals surface area contributed by atoms with E-state index in [9.17, 15) is 4.79 Å². The van der Waals surface area contributed by atoms with Crippen LogP contribution in [0.3, 0.4) is 0 Å². The maximum absolute atomic E-state index is 11.8. The van der Waals surface area contributed by atoms with E-state index in [4.69, 9.17) is 11.6 Å². The number of carbonyl (C=O) groups is 1. The van der Waals surface area contributed by atoms with Crippen molar-refractivity contribution in [2.75, 3.05) is 16.8 Å². The minimum absolute atomic E-state index is 0.129. The first-order chi connectivity index (χ1) is 10.7. The first kappa shape index (κ1) is 17.5. The Kier molecular flexibility index (Phi) is 7.44. The lowest BCUT2D eigenvalue weighted by Gasteiger charge is -2.02. The fourth-order valence-electron chi connectivity index (χ4n) is 1.37. The molecule has 0 aliphatic carbocycles. The van der Waals surface area contributed by atoms with Crippen LogP contribution in [-0.2, 0) is 4.79 Å². The zero-order valence-electron chi connectivity index (χ0n) is 11.9. The summed E-state index contributed by atoms with van der Waals surface area (Å²) in [5.74, 6) is 1.69. The van der Waals surface area contributed by atoms with Crippen molar-refractivity contribution in [2.24, 2.45) is 0 Å². The van der Waals surface area contributed by atoms with Crippen molar-refractivity contribution in [3.05, 3.63) is 23.4 Å². The molecule has 0 aliphatic heterocycles. The predicted molar refractivity (Wildman–Crippen MR) is 94.1 cm³/mol. The number of hydrogen-bond acceptors (Lipinski definition) is 7. The van der Waals surface area contributed by atoms with Crippen LogP contribution in [0, 0.1) is 0 Å². The van der Waals surface area contributed by atoms with Crippen molar-refractivity contribution in [2.45, 2.75) is 28.4 Å². The maximum Gasteiger partial charge on any atom is 0.235 e. The van der Waals surface area contributed by atoms with Gasteiger partial charge in [0, 0.05) is 11.9 Å². The summed E-state index contributed by atoms with van der Waals surface area (Å²) in [6.45, 7) is 2.16. The predicted octanol–water partition coefficient (Wildman–Crippen LogP) is 4.21. The number of nitrogens with zero attached hydrogens (tertiary/aromatic N) is 3. The lowest BCUT2D eigenvalue weighted by atomic mass is 10.4. The van der Waals surface area contributed by atoms with Gasteiger partial charge in [-0.15, -0.1) is 10.2 Å². The van der Waals surface area contributed by atoms with Crippen molar-refractivity contribution in [1.82, 2.24) is 15.2 Å². The Bertz CT molecular complexity index is 606. The number of carbonyl (C=O) groups excluding carboxylic acids is 1. The highest BCUT2D eigenvalue weighted by molar-refractivity contribution is 8.03. The normalized spacial score (nSPS) is 10.6. The van der Waals surface area contributed by atoms with Crippen molar-refractivity contribution >= 4 is 58.2 Å². The third-order valence-electron chi connectivity index (χ3n) is 2.43. The lowest BCUT2D eigenvalue weighted by Crippen LogP contribution is -2.14. The topological polar surface area (TPSA) is 67.8 Å². The second-order valence-corrected chi connectivity index (χ2v) is 8.21. The smallest absolute Gasteiger partial charge is 0.235 e. The van der Waals surface area contributed by atoms with Crippen molar-refractivity contribution in [3.63, 3.8) is 0 Å². The number of rotatable bonds is 8. The highest BCUT2D eigenvalue weighted by Crippen LogP contribution is 2.29. The molecule has 0 fully saturated rings. The molecule has 0 atom stereocenters. The molecule has 2 rings (SSSR count). The number of nitrogens with one attached hydrogen (secondary N) is 1. The molecule has 2 aromatic heterocycles. The number of unbranched alkanes of at least 4 members (excludes halogenated alkanes) is 1. The molecule has 0 radical (unpaired) electrons. The largest absolute Gasteiger partial charge is 0.310 e. The van der Waals surface area contributed by atoms with Crippen molar-refractivity contribution < 1.29 is 4.79 Å². The van der Waals surface area contributed by atoms with E-state index in [0.717, 1.165) is 14.4 Å². The number of anilines is 1. The van der Waals surface area contributed by atoms with Crippen LogP contribution >= 0.6 is 46.5 Å². The van der Waals surface area contributed by atoms with Crippen LogP contribution in [-0.4, -0.2) is 32.6 Å². The highest BCUT2D eigenvalue weighted by Gasteiger charge is 2.09. The molecule has 0 saturated carbocycles. The van der Waals surface area contributed by atoms with Crippen LogP contribution in [0.1, 0.15) is 19.8 Å². The van der Waals surface area contributed by atoms with Gasteiger partial charge in [-0.25, -0.2) is 4.98 Å². The average Bonchev–Trinajstić information content (AvgIpc) is 2.96. The zero-order valence-corrected chi connectivity index (χ0v) is 15.1. The molecule has 5 nitrogen and oxygen atoms in total. The van der Waals surface area contributed by atoms with Gasteiger partial charge in [0.1, 0.15) is 5.82 Å². The molecule has 0 spiro atoms. The summed E-state index contributed by atoms with van der Waals surface area (Å²) in [7, 11) is 0. The summed E-state index contributed by atoms with van der Waals surface area (Å²) in [5, 5.41) is 11.4. The van der Waals surface area contributed by atoms with E-state index in [1.54, 1.807) is 23.9 Å². The van der Waals surface area contributed by atoms with Crippen molar-refractivity contribution in [3.8, 4) is 0 Å². The minimum Gasteiger partial charge on any atom is -0.310 e. The lowest BCUT2D eigenvalue weighted by molar-refractivity contribution is -0.113. The Labute approximate surface area is 146 Å². The third-order valence-corrected chi connectivity index (χ3v) is 5.93. The van der Waals surface area contributed by atoms with Crippen LogP contribution in [0.4, 0.5) is 5.82 Å². The van der Waals surface area contributed by atoms with Crippen LogP contribution in [0.2, 0.25) is 5.02 Å². The molecule has 0 bridgehead atoms. The second kappa shape index (κ2) is 9.34. The van der Waals surface area contributed by atoms with Gasteiger partial charge in [0.15, 0.2) is 8.68 Å². The Morgan fingerprint density at radius 3 is 2.77 bits per heavy atom. The zero-order chi connectivity index (χ0) is 15.8. The second-order valence-electron chi connectivity index (χ2n) is 4.23. The number of pyridine rings is 1. The van der Waals surface area contributed by atoms with Gasteiger partial charge in [0.2, 0.25) is 5.91 Å². The Balaban J connectivity index is 1.75. The van der Waals surface area contributed by atoms with E-state index < -0.39 is 0 Å². The van der Waals surface area contributed by atoms with Crippen LogP contribution in [0.15, 0.2) is 27.0 Å². The quantitative estimate of drug-likeness (QED) is 0.551. The molecule has 118 valence electrons. The first-order valence-electron chi connectivity index (χ1n) is 6.68. The van der Waals surface area contributed by atoms with Crippen LogP contribution in [0.5, 0.6) is 0 Å². The van der Waals surface area contributed by atoms with E-state index in [0.29, 0.717) is 10.8 Å². The molecule has 0 aliphatic rings. The molecule has 1 amide bonds. The average molecular weight is 375 g/mol. The van der Waals surface area contributed by atoms with Gasteiger partial charge in [-0.2, -0.15) is 0 Å². The molecule has 2 heterocycles. The SMILES string of the molecule is CCCCSc1nnc(SCC(=O)Nc2ccc(Cl)cn2)s1. The Hall–Kier alpha value is -0.830. The van der Waals surface area contributed by atoms with E-state index in [2.05, 4.69) is 27.4 Å². The van der Waals surface area contributed by atoms with E-state index in [1.807, 2.05) is 0 Å². The summed E-state index contributed by atoms with van der Waals surface area (Å²) < 4.78 is 1.76. The summed E-state index contributed by atoms with van der Waals surface area (Å²) in [6.07, 6.45) is 3.84. The van der Waals surface area contributed by atoms with Gasteiger partial charge in [-0.1, -0.05) is 59.8 Å². The Morgan fingerprint density at radius 1 is 1.32 bits per heavy atom. The molecular weight excluding hydrogens is 360 g/mol. The van der Waals surface area contributed by atoms with Gasteiger partial charge in [-0.3, -0.25) is 4.79 Å². The molecule has 9 heteroatoms. The molecule has 22 heavy (non-hydrogen) atoms. The third kappa shape index (κ3) is 6.12. The monoisotopic (exact) mass is 374 g/mol. The summed E-state index contributed by atoms with van der Waals surface area (Å²) >= 11 is 10.4. The molecule has 0 unspecified atom stereocenters. The fourth-order valence-corrected chi connectivity index (χ4v) is 4.46. The standard InChI is InChI=1S/C13H15ClN4OS3/c1-2-3-6-20-12-17-18-13(22-12)21-8-11(19)16-10-5-4-9(14)7-15-10/h4-5,7H,2-3,6,8H2,1H3,(H,15,16,19). The number of thioether (sulfide) groups is 2. The number of amides is 1. The molecule has 0 aromatic carbocycles. The van der Waals surface area contributed by atoms with Gasteiger partial charge >= 0.3 is 0 Å². The van der Waals surface area contributed by atoms with Crippen LogP contribution in [0.25, 0.3) is 0 Å². The first-order valence-corrected chi connectivity index (χ1v) is 9.84. The molecule has 1 N–H and O–H groups in total. The van der Waals surface area contributed by atoms with E-state index in [-0.39, 0.29) is 11.7 Å². The summed E-state index contributed by atoms with van der Waals surface area (Å²) in [6, 6.07) is 3.35. The molecular formula is C13H15ClN4OS3. The number of halogens is 1. The maximum atomic E-state index is 11.8. The summed E-state index contributed by atoms with van der Waals surface area (Å²) in [5.41, 5.74) is 0. The summed E-state index contributed by atoms with van der Waals surface area (Å²) in [4.78, 5) is 15.9. The molecule has 2 aromatic rings. The van der Waals surface area contributed by atoms with Crippen LogP contribution < -0.4 is 5.32 Å².